The van der Waals surface area contributed by atoms with Crippen LogP contribution < -0.4 is 11.1 Å². The lowest BCUT2D eigenvalue weighted by Gasteiger charge is -2.13. The van der Waals surface area contributed by atoms with E-state index in [1.54, 1.807) is 36.9 Å². The fourth-order valence-electron chi connectivity index (χ4n) is 2.48. The smallest absolute Gasteiger partial charge is 0.408 e. The monoisotopic (exact) mass is 342 g/mol. The first-order valence-electron chi connectivity index (χ1n) is 7.72. The molecule has 1 amide bonds. The highest BCUT2D eigenvalue weighted by Crippen LogP contribution is 2.17. The standard InChI is InChI=1S/C18H18N2O3S/c1-13(20-15-9-5-6-10-16(15)23-18(20)22)17(21)19-11-12-24-14-7-3-2-4-8-14/h2-10,13H,11-12H2,1H3,(H,19,21)/t13-/m0/s1. The van der Waals surface area contributed by atoms with E-state index in [4.69, 9.17) is 4.42 Å². The molecule has 1 aromatic heterocycles. The van der Waals surface area contributed by atoms with Crippen LogP contribution in [0.1, 0.15) is 13.0 Å². The summed E-state index contributed by atoms with van der Waals surface area (Å²) in [7, 11) is 0. The number of para-hydroxylation sites is 2. The molecule has 1 N–H and O–H groups in total. The van der Waals surface area contributed by atoms with Crippen molar-refractivity contribution >= 4 is 28.8 Å². The van der Waals surface area contributed by atoms with Crippen LogP contribution in [0.4, 0.5) is 0 Å². The van der Waals surface area contributed by atoms with Crippen molar-refractivity contribution in [3.05, 3.63) is 65.1 Å². The summed E-state index contributed by atoms with van der Waals surface area (Å²) in [5.74, 6) is 0.0542. The van der Waals surface area contributed by atoms with Crippen LogP contribution in [-0.2, 0) is 4.79 Å². The first kappa shape index (κ1) is 16.4. The zero-order chi connectivity index (χ0) is 16.9. The molecule has 0 aliphatic rings. The van der Waals surface area contributed by atoms with Crippen LogP contribution in [0.3, 0.4) is 0 Å². The van der Waals surface area contributed by atoms with E-state index in [2.05, 4.69) is 5.32 Å². The van der Waals surface area contributed by atoms with Gasteiger partial charge >= 0.3 is 5.76 Å². The lowest BCUT2D eigenvalue weighted by molar-refractivity contribution is -0.123. The van der Waals surface area contributed by atoms with E-state index < -0.39 is 11.8 Å². The molecule has 0 aliphatic carbocycles. The Hall–Kier alpha value is -2.47. The third-order valence-electron chi connectivity index (χ3n) is 3.70. The highest BCUT2D eigenvalue weighted by Gasteiger charge is 2.20. The number of amides is 1. The molecule has 0 radical (unpaired) electrons. The van der Waals surface area contributed by atoms with Crippen LogP contribution in [0, 0.1) is 0 Å². The second-order valence-electron chi connectivity index (χ2n) is 5.33. The first-order chi connectivity index (χ1) is 11.7. The van der Waals surface area contributed by atoms with Crippen molar-refractivity contribution in [3.8, 4) is 0 Å². The van der Waals surface area contributed by atoms with Crippen molar-refractivity contribution in [2.45, 2.75) is 17.9 Å². The average molecular weight is 342 g/mol. The number of carbonyl (C=O) groups is 1. The topological polar surface area (TPSA) is 64.2 Å². The fraction of sp³-hybridized carbons (Fsp3) is 0.222. The summed E-state index contributed by atoms with van der Waals surface area (Å²) in [5.41, 5.74) is 1.12. The number of carbonyl (C=O) groups excluding carboxylic acids is 1. The zero-order valence-corrected chi connectivity index (χ0v) is 14.1. The quantitative estimate of drug-likeness (QED) is 0.552. The van der Waals surface area contributed by atoms with Gasteiger partial charge in [-0.25, -0.2) is 4.79 Å². The van der Waals surface area contributed by atoms with Crippen LogP contribution in [0.2, 0.25) is 0 Å². The molecule has 0 bridgehead atoms. The minimum atomic E-state index is -0.622. The molecule has 24 heavy (non-hydrogen) atoms. The van der Waals surface area contributed by atoms with Gasteiger partial charge in [0.05, 0.1) is 5.52 Å². The number of oxazole rings is 1. The fourth-order valence-corrected chi connectivity index (χ4v) is 3.27. The number of thioether (sulfide) groups is 1. The van der Waals surface area contributed by atoms with Gasteiger partial charge in [0, 0.05) is 17.2 Å². The van der Waals surface area contributed by atoms with Crippen LogP contribution in [0.15, 0.2) is 68.7 Å². The van der Waals surface area contributed by atoms with E-state index in [1.807, 2.05) is 36.4 Å². The van der Waals surface area contributed by atoms with Gasteiger partial charge in [-0.05, 0) is 31.2 Å². The second-order valence-corrected chi connectivity index (χ2v) is 6.50. The first-order valence-corrected chi connectivity index (χ1v) is 8.71. The van der Waals surface area contributed by atoms with Gasteiger partial charge in [-0.15, -0.1) is 11.8 Å². The summed E-state index contributed by atoms with van der Waals surface area (Å²) in [6, 6.07) is 16.5. The Kier molecular flexibility index (Phi) is 5.05. The van der Waals surface area contributed by atoms with Gasteiger partial charge in [0.1, 0.15) is 6.04 Å². The molecule has 0 unspecified atom stereocenters. The van der Waals surface area contributed by atoms with E-state index in [0.717, 1.165) is 10.6 Å². The summed E-state index contributed by atoms with van der Waals surface area (Å²) in [6.07, 6.45) is 0. The number of benzene rings is 2. The largest absolute Gasteiger partial charge is 0.420 e. The molecule has 0 saturated heterocycles. The molecule has 0 saturated carbocycles. The Bertz CT molecular complexity index is 886. The molecule has 3 aromatic rings. The predicted molar refractivity (Wildman–Crippen MR) is 95.4 cm³/mol. The highest BCUT2D eigenvalue weighted by atomic mass is 32.2. The molecule has 0 aliphatic heterocycles. The van der Waals surface area contributed by atoms with Gasteiger partial charge < -0.3 is 9.73 Å². The van der Waals surface area contributed by atoms with Crippen LogP contribution in [0.25, 0.3) is 11.1 Å². The Morgan fingerprint density at radius 3 is 2.67 bits per heavy atom. The number of aromatic nitrogens is 1. The number of hydrogen-bond donors (Lipinski definition) is 1. The van der Waals surface area contributed by atoms with E-state index in [1.165, 1.54) is 4.57 Å². The van der Waals surface area contributed by atoms with E-state index >= 15 is 0 Å². The summed E-state index contributed by atoms with van der Waals surface area (Å²) < 4.78 is 6.56. The lowest BCUT2D eigenvalue weighted by atomic mass is 10.2. The summed E-state index contributed by atoms with van der Waals surface area (Å²) in [5, 5.41) is 2.87. The third-order valence-corrected chi connectivity index (χ3v) is 4.71. The van der Waals surface area contributed by atoms with E-state index in [9.17, 15) is 9.59 Å². The average Bonchev–Trinajstić information content (AvgIpc) is 2.94. The molecule has 124 valence electrons. The van der Waals surface area contributed by atoms with Crippen molar-refractivity contribution in [1.82, 2.24) is 9.88 Å². The van der Waals surface area contributed by atoms with Gasteiger partial charge in [0.25, 0.3) is 0 Å². The highest BCUT2D eigenvalue weighted by molar-refractivity contribution is 7.99. The molecule has 1 atom stereocenters. The Labute approximate surface area is 143 Å². The summed E-state index contributed by atoms with van der Waals surface area (Å²) in [4.78, 5) is 25.5. The molecule has 5 nitrogen and oxygen atoms in total. The minimum Gasteiger partial charge on any atom is -0.408 e. The Morgan fingerprint density at radius 2 is 1.88 bits per heavy atom. The van der Waals surface area contributed by atoms with Crippen molar-refractivity contribution in [1.29, 1.82) is 0 Å². The third kappa shape index (κ3) is 3.54. The van der Waals surface area contributed by atoms with Crippen LogP contribution in [-0.4, -0.2) is 22.8 Å². The van der Waals surface area contributed by atoms with Crippen molar-refractivity contribution in [3.63, 3.8) is 0 Å². The van der Waals surface area contributed by atoms with Gasteiger partial charge in [-0.3, -0.25) is 9.36 Å². The maximum atomic E-state index is 12.3. The summed E-state index contributed by atoms with van der Waals surface area (Å²) >= 11 is 1.68. The molecule has 0 fully saturated rings. The lowest BCUT2D eigenvalue weighted by Crippen LogP contribution is -2.35. The van der Waals surface area contributed by atoms with Crippen molar-refractivity contribution < 1.29 is 9.21 Å². The SMILES string of the molecule is C[C@@H](C(=O)NCCSc1ccccc1)n1c(=O)oc2ccccc21. The maximum absolute atomic E-state index is 12.3. The minimum absolute atomic E-state index is 0.197. The Balaban J connectivity index is 1.60. The van der Waals surface area contributed by atoms with Gasteiger partial charge in [-0.1, -0.05) is 30.3 Å². The molecule has 0 spiro atoms. The predicted octanol–water partition coefficient (Wildman–Crippen LogP) is 3.06. The van der Waals surface area contributed by atoms with Gasteiger partial charge in [0.2, 0.25) is 5.91 Å². The molecule has 1 heterocycles. The summed E-state index contributed by atoms with van der Waals surface area (Å²) in [6.45, 7) is 2.23. The zero-order valence-electron chi connectivity index (χ0n) is 13.3. The second kappa shape index (κ2) is 7.40. The molecule has 3 rings (SSSR count). The van der Waals surface area contributed by atoms with Gasteiger partial charge in [0.15, 0.2) is 5.58 Å². The van der Waals surface area contributed by atoms with Crippen molar-refractivity contribution in [2.24, 2.45) is 0 Å². The van der Waals surface area contributed by atoms with Crippen LogP contribution >= 0.6 is 11.8 Å². The van der Waals surface area contributed by atoms with Crippen molar-refractivity contribution in [2.75, 3.05) is 12.3 Å². The number of nitrogens with zero attached hydrogens (tertiary/aromatic N) is 1. The number of rotatable bonds is 6. The molecular weight excluding hydrogens is 324 g/mol. The van der Waals surface area contributed by atoms with Gasteiger partial charge in [-0.2, -0.15) is 0 Å². The van der Waals surface area contributed by atoms with Crippen LogP contribution in [0.5, 0.6) is 0 Å². The number of hydrogen-bond acceptors (Lipinski definition) is 4. The molecule has 6 heteroatoms. The number of nitrogens with one attached hydrogen (secondary N) is 1. The normalized spacial score (nSPS) is 12.2. The van der Waals surface area contributed by atoms with E-state index in [-0.39, 0.29) is 5.91 Å². The Morgan fingerprint density at radius 1 is 1.17 bits per heavy atom. The maximum Gasteiger partial charge on any atom is 0.420 e. The van der Waals surface area contributed by atoms with E-state index in [0.29, 0.717) is 17.6 Å². The molecular formula is C18H18N2O3S. The molecule has 2 aromatic carbocycles. The number of fused-ring (bicyclic) bond motifs is 1.